The predicted octanol–water partition coefficient (Wildman–Crippen LogP) is 5.22. The van der Waals surface area contributed by atoms with Crippen LogP contribution in [0.4, 0.5) is 5.69 Å². The third kappa shape index (κ3) is 6.45. The maximum Gasteiger partial charge on any atom is 0.271 e. The highest BCUT2D eigenvalue weighted by atomic mass is 35.5. The smallest absolute Gasteiger partial charge is 0.271 e. The van der Waals surface area contributed by atoms with Crippen LogP contribution in [0.2, 0.25) is 5.02 Å². The first-order valence-electron chi connectivity index (χ1n) is 11.8. The molecular weight excluding hydrogens is 488 g/mol. The van der Waals surface area contributed by atoms with E-state index in [2.05, 4.69) is 32.9 Å². The first-order valence-corrected chi connectivity index (χ1v) is 12.2. The molecule has 3 N–H and O–H groups in total. The summed E-state index contributed by atoms with van der Waals surface area (Å²) in [5.74, 6) is -0.701. The first kappa shape index (κ1) is 25.7. The summed E-state index contributed by atoms with van der Waals surface area (Å²) >= 11 is 5.87. The number of para-hydroxylation sites is 1. The van der Waals surface area contributed by atoms with Gasteiger partial charge in [-0.15, -0.1) is 0 Å². The molecule has 0 atom stereocenters. The molecule has 8 heteroatoms. The van der Waals surface area contributed by atoms with Crippen molar-refractivity contribution in [3.8, 4) is 5.75 Å². The van der Waals surface area contributed by atoms with E-state index in [1.54, 1.807) is 12.1 Å². The van der Waals surface area contributed by atoms with Gasteiger partial charge in [0.1, 0.15) is 5.75 Å². The molecule has 188 valence electrons. The fourth-order valence-electron chi connectivity index (χ4n) is 3.93. The van der Waals surface area contributed by atoms with Gasteiger partial charge in [0.25, 0.3) is 11.8 Å². The summed E-state index contributed by atoms with van der Waals surface area (Å²) in [5, 5.41) is 18.3. The molecule has 0 saturated carbocycles. The van der Waals surface area contributed by atoms with E-state index in [1.165, 1.54) is 24.4 Å². The number of fused-ring (bicyclic) bond motifs is 1. The monoisotopic (exact) mass is 514 g/mol. The van der Waals surface area contributed by atoms with E-state index >= 15 is 0 Å². The van der Waals surface area contributed by atoms with Gasteiger partial charge in [-0.2, -0.15) is 5.10 Å². The normalized spacial score (nSPS) is 11.0. The van der Waals surface area contributed by atoms with Gasteiger partial charge >= 0.3 is 0 Å². The van der Waals surface area contributed by atoms with Gasteiger partial charge in [-0.1, -0.05) is 60.1 Å². The van der Waals surface area contributed by atoms with Gasteiger partial charge in [-0.3, -0.25) is 9.59 Å². The van der Waals surface area contributed by atoms with Crippen LogP contribution in [0.5, 0.6) is 5.75 Å². The van der Waals surface area contributed by atoms with Crippen LogP contribution in [0.15, 0.2) is 90.0 Å². The van der Waals surface area contributed by atoms with Gasteiger partial charge in [0.15, 0.2) is 0 Å². The van der Waals surface area contributed by atoms with Gasteiger partial charge in [-0.25, -0.2) is 5.43 Å². The minimum atomic E-state index is -0.462. The van der Waals surface area contributed by atoms with E-state index in [-0.39, 0.29) is 22.2 Å². The van der Waals surface area contributed by atoms with Gasteiger partial charge in [-0.05, 0) is 53.6 Å². The van der Waals surface area contributed by atoms with Crippen LogP contribution in [0.1, 0.15) is 32.7 Å². The molecule has 0 bridgehead atoms. The van der Waals surface area contributed by atoms with Crippen LogP contribution in [-0.4, -0.2) is 43.3 Å². The topological polar surface area (TPSA) is 94.0 Å². The summed E-state index contributed by atoms with van der Waals surface area (Å²) in [5.41, 5.74) is 5.19. The molecule has 2 amide bonds. The number of carbonyl (C=O) groups excluding carboxylic acids is 2. The largest absolute Gasteiger partial charge is 0.506 e. The summed E-state index contributed by atoms with van der Waals surface area (Å²) in [7, 11) is 2.03. The number of phenolic OH excluding ortho intramolecular Hbond substituents is 1. The zero-order chi connectivity index (χ0) is 26.2. The van der Waals surface area contributed by atoms with E-state index in [0.29, 0.717) is 12.1 Å². The Morgan fingerprint density at radius 2 is 1.68 bits per heavy atom. The number of halogens is 1. The maximum absolute atomic E-state index is 13.0. The van der Waals surface area contributed by atoms with E-state index in [4.69, 9.17) is 11.6 Å². The van der Waals surface area contributed by atoms with Crippen molar-refractivity contribution in [2.75, 3.05) is 25.0 Å². The Balaban J connectivity index is 1.39. The lowest BCUT2D eigenvalue weighted by atomic mass is 9.99. The number of amides is 2. The summed E-state index contributed by atoms with van der Waals surface area (Å²) in [6.07, 6.45) is 2.34. The molecule has 0 aromatic heterocycles. The second kappa shape index (κ2) is 12.1. The standard InChI is InChI=1S/C29H27ClN4O3/c1-34(22-8-3-2-4-9-22)17-7-16-31-29(37)25-14-12-21(23-10-5-6-11-24(23)25)19-32-33-28(36)20-13-15-27(35)26(30)18-20/h2-6,8-15,18-19,35H,7,16-17H2,1H3,(H,31,37)(H,33,36)/b32-19+. The average Bonchev–Trinajstić information content (AvgIpc) is 2.92. The van der Waals surface area contributed by atoms with Gasteiger partial charge in [0.05, 0.1) is 11.2 Å². The molecule has 0 fully saturated rings. The van der Waals surface area contributed by atoms with Crippen LogP contribution in [-0.2, 0) is 0 Å². The number of hydrogen-bond donors (Lipinski definition) is 3. The number of anilines is 1. The Bertz CT molecular complexity index is 1440. The van der Waals surface area contributed by atoms with E-state index in [9.17, 15) is 14.7 Å². The quantitative estimate of drug-likeness (QED) is 0.162. The van der Waals surface area contributed by atoms with Crippen molar-refractivity contribution in [1.82, 2.24) is 10.7 Å². The number of nitrogens with one attached hydrogen (secondary N) is 2. The number of hydrazone groups is 1. The van der Waals surface area contributed by atoms with Crippen molar-refractivity contribution < 1.29 is 14.7 Å². The molecule has 7 nitrogen and oxygen atoms in total. The first-order chi connectivity index (χ1) is 17.9. The molecule has 0 radical (unpaired) electrons. The molecule has 4 aromatic rings. The fourth-order valence-corrected chi connectivity index (χ4v) is 4.11. The van der Waals surface area contributed by atoms with Crippen molar-refractivity contribution in [2.24, 2.45) is 5.10 Å². The Labute approximate surface area is 220 Å². The molecule has 0 aliphatic heterocycles. The van der Waals surface area contributed by atoms with Crippen molar-refractivity contribution >= 4 is 46.1 Å². The van der Waals surface area contributed by atoms with Crippen molar-refractivity contribution in [1.29, 1.82) is 0 Å². The Morgan fingerprint density at radius 1 is 0.946 bits per heavy atom. The van der Waals surface area contributed by atoms with Crippen LogP contribution in [0.25, 0.3) is 10.8 Å². The van der Waals surface area contributed by atoms with Crippen molar-refractivity contribution in [3.05, 3.63) is 107 Å². The summed E-state index contributed by atoms with van der Waals surface area (Å²) in [6.45, 7) is 1.38. The molecule has 0 saturated heterocycles. The molecule has 0 aliphatic carbocycles. The van der Waals surface area contributed by atoms with E-state index in [1.807, 2.05) is 49.5 Å². The molecule has 4 rings (SSSR count). The summed E-state index contributed by atoms with van der Waals surface area (Å²) in [6, 6.07) is 25.4. The third-order valence-corrected chi connectivity index (χ3v) is 6.24. The molecule has 4 aromatic carbocycles. The van der Waals surface area contributed by atoms with Crippen molar-refractivity contribution in [3.63, 3.8) is 0 Å². The number of nitrogens with zero attached hydrogens (tertiary/aromatic N) is 2. The molecule has 0 spiro atoms. The Morgan fingerprint density at radius 3 is 2.43 bits per heavy atom. The van der Waals surface area contributed by atoms with Gasteiger partial charge in [0, 0.05) is 42.5 Å². The summed E-state index contributed by atoms with van der Waals surface area (Å²) in [4.78, 5) is 27.4. The number of benzene rings is 4. The number of hydrogen-bond acceptors (Lipinski definition) is 5. The zero-order valence-corrected chi connectivity index (χ0v) is 21.1. The minimum absolute atomic E-state index is 0.0831. The van der Waals surface area contributed by atoms with Gasteiger partial charge in [0.2, 0.25) is 0 Å². The van der Waals surface area contributed by atoms with E-state index < -0.39 is 5.91 Å². The van der Waals surface area contributed by atoms with Crippen LogP contribution in [0, 0.1) is 0 Å². The third-order valence-electron chi connectivity index (χ3n) is 5.93. The highest BCUT2D eigenvalue weighted by molar-refractivity contribution is 6.32. The molecule has 0 heterocycles. The maximum atomic E-state index is 13.0. The number of rotatable bonds is 9. The minimum Gasteiger partial charge on any atom is -0.506 e. The van der Waals surface area contributed by atoms with Gasteiger partial charge < -0.3 is 15.3 Å². The Hall–Kier alpha value is -4.36. The molecule has 37 heavy (non-hydrogen) atoms. The second-order valence-corrected chi connectivity index (χ2v) is 8.89. The molecular formula is C29H27ClN4O3. The SMILES string of the molecule is CN(CCCNC(=O)c1ccc(/C=N/NC(=O)c2ccc(O)c(Cl)c2)c2ccccc12)c1ccccc1. The Kier molecular flexibility index (Phi) is 8.38. The lowest BCUT2D eigenvalue weighted by Crippen LogP contribution is -2.28. The lowest BCUT2D eigenvalue weighted by Gasteiger charge is -2.19. The predicted molar refractivity (Wildman–Crippen MR) is 149 cm³/mol. The fraction of sp³-hybridized carbons (Fsp3) is 0.138. The highest BCUT2D eigenvalue weighted by Crippen LogP contribution is 2.24. The number of phenols is 1. The molecule has 0 aliphatic rings. The molecule has 0 unspecified atom stereocenters. The summed E-state index contributed by atoms with van der Waals surface area (Å²) < 4.78 is 0. The average molecular weight is 515 g/mol. The van der Waals surface area contributed by atoms with Crippen LogP contribution >= 0.6 is 11.6 Å². The lowest BCUT2D eigenvalue weighted by molar-refractivity contribution is 0.0947. The zero-order valence-electron chi connectivity index (χ0n) is 20.3. The van der Waals surface area contributed by atoms with Crippen LogP contribution in [0.3, 0.4) is 0 Å². The van der Waals surface area contributed by atoms with Crippen molar-refractivity contribution in [2.45, 2.75) is 6.42 Å². The van der Waals surface area contributed by atoms with E-state index in [0.717, 1.165) is 35.0 Å². The highest BCUT2D eigenvalue weighted by Gasteiger charge is 2.12. The van der Waals surface area contributed by atoms with Crippen LogP contribution < -0.4 is 15.6 Å². The number of carbonyl (C=O) groups is 2. The second-order valence-electron chi connectivity index (χ2n) is 8.48. The number of aromatic hydroxyl groups is 1.